The second-order valence-corrected chi connectivity index (χ2v) is 5.53. The maximum absolute atomic E-state index is 12.6. The smallest absolute Gasteiger partial charge is 0.339 e. The fourth-order valence-corrected chi connectivity index (χ4v) is 2.22. The van der Waals surface area contributed by atoms with Crippen LogP contribution in [-0.4, -0.2) is 29.7 Å². The molecule has 0 unspecified atom stereocenters. The molecule has 0 spiro atoms. The lowest BCUT2D eigenvalue weighted by Gasteiger charge is -2.13. The van der Waals surface area contributed by atoms with E-state index in [2.05, 4.69) is 0 Å². The molecule has 6 heteroatoms. The van der Waals surface area contributed by atoms with Crippen LogP contribution in [0.15, 0.2) is 48.5 Å². The third-order valence-corrected chi connectivity index (χ3v) is 3.58. The lowest BCUT2D eigenvalue weighted by atomic mass is 10.0. The quantitative estimate of drug-likeness (QED) is 0.452. The molecule has 0 heterocycles. The summed E-state index contributed by atoms with van der Waals surface area (Å²) in [4.78, 5) is 23.7. The summed E-state index contributed by atoms with van der Waals surface area (Å²) < 4.78 is 10.5. The zero-order valence-corrected chi connectivity index (χ0v) is 14.6. The number of primary amides is 1. The summed E-state index contributed by atoms with van der Waals surface area (Å²) in [5, 5.41) is 9.82. The molecule has 2 aromatic carbocycles. The van der Waals surface area contributed by atoms with Crippen LogP contribution in [0.3, 0.4) is 0 Å². The van der Waals surface area contributed by atoms with E-state index in [4.69, 9.17) is 15.2 Å². The normalized spacial score (nSPS) is 12.3. The van der Waals surface area contributed by atoms with Crippen molar-refractivity contribution in [1.29, 1.82) is 0 Å². The molecule has 0 aliphatic heterocycles. The van der Waals surface area contributed by atoms with Crippen LogP contribution in [-0.2, 0) is 14.3 Å². The van der Waals surface area contributed by atoms with Crippen LogP contribution in [0.25, 0.3) is 11.6 Å². The van der Waals surface area contributed by atoms with Gasteiger partial charge in [0.05, 0.1) is 12.2 Å². The first-order valence-electron chi connectivity index (χ1n) is 8.15. The van der Waals surface area contributed by atoms with Crippen molar-refractivity contribution in [2.45, 2.75) is 20.0 Å². The average Bonchev–Trinajstić information content (AvgIpc) is 2.63. The number of ether oxygens (including phenoxy) is 2. The van der Waals surface area contributed by atoms with Gasteiger partial charge in [0.2, 0.25) is 0 Å². The van der Waals surface area contributed by atoms with E-state index >= 15 is 0 Å². The Morgan fingerprint density at radius 1 is 1.19 bits per heavy atom. The van der Waals surface area contributed by atoms with Crippen LogP contribution in [0.4, 0.5) is 0 Å². The van der Waals surface area contributed by atoms with Gasteiger partial charge in [0.1, 0.15) is 0 Å². The van der Waals surface area contributed by atoms with E-state index in [1.165, 1.54) is 13.0 Å². The highest BCUT2D eigenvalue weighted by atomic mass is 16.5. The second kappa shape index (κ2) is 8.71. The first-order valence-corrected chi connectivity index (χ1v) is 8.15. The molecule has 0 saturated carbocycles. The lowest BCUT2D eigenvalue weighted by molar-refractivity contribution is -0.147. The van der Waals surface area contributed by atoms with E-state index in [0.717, 1.165) is 0 Å². The number of amides is 1. The average molecular weight is 355 g/mol. The molecule has 0 bridgehead atoms. The van der Waals surface area contributed by atoms with Gasteiger partial charge in [0.25, 0.3) is 5.91 Å². The molecule has 0 aromatic heterocycles. The summed E-state index contributed by atoms with van der Waals surface area (Å²) in [6, 6.07) is 13.7. The molecule has 6 nitrogen and oxygen atoms in total. The standard InChI is InChI=1S/C20H21NO5/c1-3-25-18-12-14(9-10-17(18)22)11-16(15-7-5-4-6-8-15)20(24)26-13(2)19(21)23/h4-13,22H,3H2,1-2H3,(H2,21,23)/b16-11+/t13-/m0/s1. The van der Waals surface area contributed by atoms with Gasteiger partial charge in [0.15, 0.2) is 17.6 Å². The maximum Gasteiger partial charge on any atom is 0.339 e. The fraction of sp³-hybridized carbons (Fsp3) is 0.200. The summed E-state index contributed by atoms with van der Waals surface area (Å²) in [5.74, 6) is -1.08. The third kappa shape index (κ3) is 4.86. The lowest BCUT2D eigenvalue weighted by Crippen LogP contribution is -2.30. The Labute approximate surface area is 151 Å². The minimum absolute atomic E-state index is 0.00943. The minimum atomic E-state index is -1.05. The largest absolute Gasteiger partial charge is 0.504 e. The van der Waals surface area contributed by atoms with Crippen LogP contribution in [0.1, 0.15) is 25.0 Å². The number of phenolic OH excluding ortho intramolecular Hbond substituents is 1. The van der Waals surface area contributed by atoms with Gasteiger partial charge in [-0.15, -0.1) is 0 Å². The molecule has 26 heavy (non-hydrogen) atoms. The molecule has 3 N–H and O–H groups in total. The highest BCUT2D eigenvalue weighted by molar-refractivity contribution is 6.22. The zero-order valence-electron chi connectivity index (χ0n) is 14.6. The van der Waals surface area contributed by atoms with Crippen LogP contribution >= 0.6 is 0 Å². The SMILES string of the molecule is CCOc1cc(/C=C(/C(=O)O[C@@H](C)C(N)=O)c2ccccc2)ccc1O. The zero-order chi connectivity index (χ0) is 19.1. The Balaban J connectivity index is 2.44. The molecule has 0 aliphatic carbocycles. The van der Waals surface area contributed by atoms with E-state index < -0.39 is 18.0 Å². The predicted molar refractivity (Wildman–Crippen MR) is 98.3 cm³/mol. The number of esters is 1. The Morgan fingerprint density at radius 2 is 1.88 bits per heavy atom. The molecule has 2 aromatic rings. The van der Waals surface area contributed by atoms with Crippen LogP contribution < -0.4 is 10.5 Å². The van der Waals surface area contributed by atoms with Crippen molar-refractivity contribution in [3.8, 4) is 11.5 Å². The Morgan fingerprint density at radius 3 is 2.50 bits per heavy atom. The number of phenols is 1. The first-order chi connectivity index (χ1) is 12.4. The highest BCUT2D eigenvalue weighted by Gasteiger charge is 2.20. The van der Waals surface area contributed by atoms with E-state index in [9.17, 15) is 14.7 Å². The third-order valence-electron chi connectivity index (χ3n) is 3.58. The van der Waals surface area contributed by atoms with Gasteiger partial charge >= 0.3 is 5.97 Å². The molecule has 2 rings (SSSR count). The molecule has 0 aliphatic rings. The molecule has 1 amide bonds. The van der Waals surface area contributed by atoms with Gasteiger partial charge in [-0.05, 0) is 43.2 Å². The summed E-state index contributed by atoms with van der Waals surface area (Å²) in [5.41, 5.74) is 6.68. The minimum Gasteiger partial charge on any atom is -0.504 e. The monoisotopic (exact) mass is 355 g/mol. The molecule has 0 fully saturated rings. The molecular weight excluding hydrogens is 334 g/mol. The number of aromatic hydroxyl groups is 1. The van der Waals surface area contributed by atoms with Gasteiger partial charge < -0.3 is 20.3 Å². The number of nitrogens with two attached hydrogens (primary N) is 1. The molecular formula is C20H21NO5. The van der Waals surface area contributed by atoms with Crippen molar-refractivity contribution in [1.82, 2.24) is 0 Å². The predicted octanol–water partition coefficient (Wildman–Crippen LogP) is 2.75. The van der Waals surface area contributed by atoms with E-state index in [-0.39, 0.29) is 11.3 Å². The van der Waals surface area contributed by atoms with Gasteiger partial charge in [0, 0.05) is 0 Å². The van der Waals surface area contributed by atoms with Crippen LogP contribution in [0.5, 0.6) is 11.5 Å². The van der Waals surface area contributed by atoms with E-state index in [0.29, 0.717) is 23.5 Å². The summed E-state index contributed by atoms with van der Waals surface area (Å²) >= 11 is 0. The van der Waals surface area contributed by atoms with Gasteiger partial charge in [-0.1, -0.05) is 36.4 Å². The van der Waals surface area contributed by atoms with Crippen molar-refractivity contribution in [2.24, 2.45) is 5.73 Å². The highest BCUT2D eigenvalue weighted by Crippen LogP contribution is 2.29. The number of hydrogen-bond donors (Lipinski definition) is 2. The van der Waals surface area contributed by atoms with E-state index in [1.54, 1.807) is 49.4 Å². The summed E-state index contributed by atoms with van der Waals surface area (Å²) in [7, 11) is 0. The van der Waals surface area contributed by atoms with Gasteiger partial charge in [-0.3, -0.25) is 4.79 Å². The number of hydrogen-bond acceptors (Lipinski definition) is 5. The first kappa shape index (κ1) is 19.1. The molecule has 0 radical (unpaired) electrons. The number of carbonyl (C=O) groups excluding carboxylic acids is 2. The number of benzene rings is 2. The van der Waals surface area contributed by atoms with Crippen molar-refractivity contribution in [3.63, 3.8) is 0 Å². The van der Waals surface area contributed by atoms with Crippen LogP contribution in [0.2, 0.25) is 0 Å². The van der Waals surface area contributed by atoms with Crippen LogP contribution in [0, 0.1) is 0 Å². The van der Waals surface area contributed by atoms with Gasteiger partial charge in [-0.25, -0.2) is 4.79 Å². The topological polar surface area (TPSA) is 98.9 Å². The molecule has 136 valence electrons. The summed E-state index contributed by atoms with van der Waals surface area (Å²) in [6.45, 7) is 3.61. The van der Waals surface area contributed by atoms with Crippen molar-refractivity contribution >= 4 is 23.5 Å². The molecule has 1 atom stereocenters. The van der Waals surface area contributed by atoms with Crippen molar-refractivity contribution < 1.29 is 24.2 Å². The Bertz CT molecular complexity index is 814. The Kier molecular flexibility index (Phi) is 6.38. The fourth-order valence-electron chi connectivity index (χ4n) is 2.22. The summed E-state index contributed by atoms with van der Waals surface area (Å²) in [6.07, 6.45) is 0.557. The number of carbonyl (C=O) groups is 2. The van der Waals surface area contributed by atoms with Crippen molar-refractivity contribution in [2.75, 3.05) is 6.61 Å². The van der Waals surface area contributed by atoms with E-state index in [1.807, 2.05) is 6.07 Å². The van der Waals surface area contributed by atoms with Crippen molar-refractivity contribution in [3.05, 3.63) is 59.7 Å². The second-order valence-electron chi connectivity index (χ2n) is 5.53. The van der Waals surface area contributed by atoms with Gasteiger partial charge in [-0.2, -0.15) is 0 Å². The Hall–Kier alpha value is -3.28. The molecule has 0 saturated heterocycles. The number of rotatable bonds is 7. The maximum atomic E-state index is 12.6.